The molecule has 7 heteroatoms. The summed E-state index contributed by atoms with van der Waals surface area (Å²) < 4.78 is 19.1. The molecule has 0 N–H and O–H groups in total. The van der Waals surface area contributed by atoms with Gasteiger partial charge in [-0.2, -0.15) is 5.10 Å². The van der Waals surface area contributed by atoms with Gasteiger partial charge in [0.05, 0.1) is 19.4 Å². The van der Waals surface area contributed by atoms with Crippen LogP contribution in [0.25, 0.3) is 27.9 Å². The van der Waals surface area contributed by atoms with Crippen LogP contribution in [0, 0.1) is 0 Å². The largest absolute Gasteiger partial charge is 0.612 e. The molecule has 0 amide bonds. The van der Waals surface area contributed by atoms with Crippen LogP contribution in [-0.2, 0) is 22.3 Å². The summed E-state index contributed by atoms with van der Waals surface area (Å²) in [5.41, 5.74) is 6.17. The zero-order valence-corrected chi connectivity index (χ0v) is 18.9. The summed E-state index contributed by atoms with van der Waals surface area (Å²) >= 11 is -1.02. The van der Waals surface area contributed by atoms with Crippen molar-refractivity contribution in [3.8, 4) is 22.3 Å². The molecule has 164 valence electrons. The van der Waals surface area contributed by atoms with Crippen LogP contribution in [0.15, 0.2) is 72.0 Å². The van der Waals surface area contributed by atoms with Crippen LogP contribution < -0.4 is 0 Å². The summed E-state index contributed by atoms with van der Waals surface area (Å²) in [6.07, 6.45) is 8.45. The molecule has 32 heavy (non-hydrogen) atoms. The number of ether oxygens (including phenoxy) is 1. The first-order chi connectivity index (χ1) is 15.7. The second-order valence-electron chi connectivity index (χ2n) is 8.05. The van der Waals surface area contributed by atoms with Crippen molar-refractivity contribution in [1.29, 1.82) is 0 Å². The fourth-order valence-electron chi connectivity index (χ4n) is 4.05. The van der Waals surface area contributed by atoms with E-state index in [1.165, 1.54) is 5.56 Å². The van der Waals surface area contributed by atoms with Gasteiger partial charge >= 0.3 is 0 Å². The first-order valence-corrected chi connectivity index (χ1v) is 12.4. The van der Waals surface area contributed by atoms with Gasteiger partial charge in [0, 0.05) is 49.2 Å². The molecular weight excluding hydrogens is 420 g/mol. The van der Waals surface area contributed by atoms with Gasteiger partial charge < -0.3 is 9.29 Å². The Morgan fingerprint density at radius 2 is 1.81 bits per heavy atom. The number of aromatic nitrogens is 3. The van der Waals surface area contributed by atoms with Crippen molar-refractivity contribution < 1.29 is 9.29 Å². The molecule has 2 aromatic heterocycles. The van der Waals surface area contributed by atoms with E-state index in [9.17, 15) is 4.55 Å². The molecular formula is C25H26N4O2S. The highest BCUT2D eigenvalue weighted by Gasteiger charge is 2.13. The minimum atomic E-state index is -1.02. The summed E-state index contributed by atoms with van der Waals surface area (Å²) in [6.45, 7) is 4.80. The average Bonchev–Trinajstić information content (AvgIpc) is 3.27. The van der Waals surface area contributed by atoms with Gasteiger partial charge in [-0.1, -0.05) is 36.4 Å². The Kier molecular flexibility index (Phi) is 6.23. The zero-order chi connectivity index (χ0) is 21.9. The van der Waals surface area contributed by atoms with E-state index in [4.69, 9.17) is 9.72 Å². The average molecular weight is 447 g/mol. The predicted octanol–water partition coefficient (Wildman–Crippen LogP) is 3.68. The third-order valence-corrected chi connectivity index (χ3v) is 6.86. The molecule has 2 aromatic carbocycles. The van der Waals surface area contributed by atoms with Gasteiger partial charge in [-0.05, 0) is 40.4 Å². The maximum Gasteiger partial charge on any atom is 0.162 e. The Labute approximate surface area is 191 Å². The second-order valence-corrected chi connectivity index (χ2v) is 9.43. The molecule has 4 aromatic rings. The highest BCUT2D eigenvalue weighted by atomic mass is 32.2. The van der Waals surface area contributed by atoms with Crippen molar-refractivity contribution in [3.63, 3.8) is 0 Å². The molecule has 3 heterocycles. The van der Waals surface area contributed by atoms with E-state index in [0.29, 0.717) is 0 Å². The second kappa shape index (κ2) is 9.42. The predicted molar refractivity (Wildman–Crippen MR) is 127 cm³/mol. The molecule has 0 spiro atoms. The maximum absolute atomic E-state index is 11.8. The SMILES string of the molecule is C[S+]([O-])c1cccc(-c2cnn3cc(-c4ccc(CCN5CCOCC5)cc4)cnc23)c1. The number of nitrogens with zero attached hydrogens (tertiary/aromatic N) is 4. The number of hydrogen-bond acceptors (Lipinski definition) is 5. The molecule has 1 atom stereocenters. The maximum atomic E-state index is 11.8. The summed E-state index contributed by atoms with van der Waals surface area (Å²) in [5.74, 6) is 0. The highest BCUT2D eigenvalue weighted by molar-refractivity contribution is 7.90. The van der Waals surface area contributed by atoms with Gasteiger partial charge in [0.2, 0.25) is 0 Å². The molecule has 0 aliphatic carbocycles. The summed E-state index contributed by atoms with van der Waals surface area (Å²) in [6, 6.07) is 16.4. The van der Waals surface area contributed by atoms with Crippen molar-refractivity contribution >= 4 is 16.8 Å². The van der Waals surface area contributed by atoms with Crippen molar-refractivity contribution in [2.45, 2.75) is 11.3 Å². The van der Waals surface area contributed by atoms with E-state index in [1.54, 1.807) is 6.26 Å². The van der Waals surface area contributed by atoms with Gasteiger partial charge in [-0.15, -0.1) is 0 Å². The first kappa shape index (κ1) is 21.2. The van der Waals surface area contributed by atoms with Gasteiger partial charge in [0.1, 0.15) is 6.26 Å². The van der Waals surface area contributed by atoms with E-state index in [1.807, 2.05) is 47.4 Å². The lowest BCUT2D eigenvalue weighted by molar-refractivity contribution is 0.0384. The highest BCUT2D eigenvalue weighted by Crippen LogP contribution is 2.27. The van der Waals surface area contributed by atoms with Crippen LogP contribution in [0.5, 0.6) is 0 Å². The molecule has 6 nitrogen and oxygen atoms in total. The molecule has 1 fully saturated rings. The molecule has 1 aliphatic rings. The third kappa shape index (κ3) is 4.56. The zero-order valence-electron chi connectivity index (χ0n) is 18.1. The van der Waals surface area contributed by atoms with Crippen LogP contribution in [0.3, 0.4) is 0 Å². The van der Waals surface area contributed by atoms with E-state index >= 15 is 0 Å². The smallest absolute Gasteiger partial charge is 0.162 e. The van der Waals surface area contributed by atoms with Crippen molar-refractivity contribution in [2.24, 2.45) is 0 Å². The molecule has 0 saturated carbocycles. The molecule has 1 unspecified atom stereocenters. The van der Waals surface area contributed by atoms with Crippen molar-refractivity contribution in [2.75, 3.05) is 39.1 Å². The van der Waals surface area contributed by atoms with Crippen LogP contribution in [-0.4, -0.2) is 63.2 Å². The quantitative estimate of drug-likeness (QED) is 0.423. The molecule has 1 aliphatic heterocycles. The van der Waals surface area contributed by atoms with Crippen molar-refractivity contribution in [3.05, 3.63) is 72.7 Å². The molecule has 5 rings (SSSR count). The molecule has 1 saturated heterocycles. The van der Waals surface area contributed by atoms with E-state index in [2.05, 4.69) is 34.3 Å². The Morgan fingerprint density at radius 1 is 1.00 bits per heavy atom. The number of hydrogen-bond donors (Lipinski definition) is 0. The summed E-state index contributed by atoms with van der Waals surface area (Å²) in [5, 5.41) is 4.52. The minimum Gasteiger partial charge on any atom is -0.612 e. The fourth-order valence-corrected chi connectivity index (χ4v) is 4.61. The standard InChI is InChI=1S/C25H26N4O2S/c1-32(30)23-4-2-3-21(15-23)24-17-27-29-18-22(16-26-25(24)29)20-7-5-19(6-8-20)9-10-28-11-13-31-14-12-28/h2-8,15-18H,9-14H2,1H3. The van der Waals surface area contributed by atoms with Crippen LogP contribution in [0.2, 0.25) is 0 Å². The van der Waals surface area contributed by atoms with Gasteiger partial charge in [0.25, 0.3) is 0 Å². The van der Waals surface area contributed by atoms with Crippen molar-refractivity contribution in [1.82, 2.24) is 19.5 Å². The van der Waals surface area contributed by atoms with Crippen LogP contribution in [0.4, 0.5) is 0 Å². The molecule has 0 radical (unpaired) electrons. The van der Waals surface area contributed by atoms with Crippen LogP contribution >= 0.6 is 0 Å². The van der Waals surface area contributed by atoms with E-state index < -0.39 is 11.2 Å². The molecule has 0 bridgehead atoms. The van der Waals surface area contributed by atoms with Gasteiger partial charge in [-0.3, -0.25) is 4.90 Å². The Balaban J connectivity index is 1.33. The van der Waals surface area contributed by atoms with Gasteiger partial charge in [-0.25, -0.2) is 9.50 Å². The third-order valence-electron chi connectivity index (χ3n) is 5.94. The topological polar surface area (TPSA) is 65.7 Å². The number of rotatable bonds is 6. The lowest BCUT2D eigenvalue weighted by Crippen LogP contribution is -2.37. The number of benzene rings is 2. The Bertz CT molecular complexity index is 1200. The monoisotopic (exact) mass is 446 g/mol. The Morgan fingerprint density at radius 3 is 2.59 bits per heavy atom. The number of fused-ring (bicyclic) bond motifs is 1. The summed E-state index contributed by atoms with van der Waals surface area (Å²) in [7, 11) is 0. The number of morpholine rings is 1. The van der Waals surface area contributed by atoms with E-state index in [0.717, 1.165) is 72.1 Å². The lowest BCUT2D eigenvalue weighted by Gasteiger charge is -2.26. The fraction of sp³-hybridized carbons (Fsp3) is 0.280. The van der Waals surface area contributed by atoms with Crippen LogP contribution in [0.1, 0.15) is 5.56 Å². The van der Waals surface area contributed by atoms with E-state index in [-0.39, 0.29) is 0 Å². The summed E-state index contributed by atoms with van der Waals surface area (Å²) in [4.78, 5) is 7.95. The first-order valence-electron chi connectivity index (χ1n) is 10.8. The van der Waals surface area contributed by atoms with Gasteiger partial charge in [0.15, 0.2) is 10.5 Å². The minimum absolute atomic E-state index is 0.787. The Hall–Kier alpha value is -2.71. The lowest BCUT2D eigenvalue weighted by atomic mass is 10.0. The normalized spacial score (nSPS) is 15.8.